The third-order valence-electron chi connectivity index (χ3n) is 4.72. The molecule has 0 radical (unpaired) electrons. The largest absolute Gasteiger partial charge is 0.385 e. The molecule has 1 amide bonds. The Hall–Kier alpha value is -2.04. The maximum Gasteiger partial charge on any atom is 0.237 e. The summed E-state index contributed by atoms with van der Waals surface area (Å²) in [6.45, 7) is 2.34. The van der Waals surface area contributed by atoms with Gasteiger partial charge >= 0.3 is 0 Å². The molecule has 26 heavy (non-hydrogen) atoms. The molecule has 138 valence electrons. The van der Waals surface area contributed by atoms with Crippen LogP contribution in [0.2, 0.25) is 5.02 Å². The number of hydrogen-bond donors (Lipinski definition) is 3. The SMILES string of the molecule is O=C1NCCCCC1NCc1ccc(NCCc2ccccc2Cl)cc1. The number of amides is 1. The predicted molar refractivity (Wildman–Crippen MR) is 108 cm³/mol. The molecule has 1 aliphatic rings. The van der Waals surface area contributed by atoms with Crippen molar-refractivity contribution < 1.29 is 4.79 Å². The summed E-state index contributed by atoms with van der Waals surface area (Å²) in [6.07, 6.45) is 3.95. The van der Waals surface area contributed by atoms with Crippen molar-refractivity contribution in [3.63, 3.8) is 0 Å². The van der Waals surface area contributed by atoms with Gasteiger partial charge in [-0.3, -0.25) is 4.79 Å². The van der Waals surface area contributed by atoms with Gasteiger partial charge in [0.1, 0.15) is 0 Å². The van der Waals surface area contributed by atoms with Gasteiger partial charge in [-0.1, -0.05) is 41.9 Å². The smallest absolute Gasteiger partial charge is 0.237 e. The van der Waals surface area contributed by atoms with Gasteiger partial charge in [-0.15, -0.1) is 0 Å². The van der Waals surface area contributed by atoms with E-state index in [0.29, 0.717) is 6.54 Å². The quantitative estimate of drug-likeness (QED) is 0.694. The Morgan fingerprint density at radius 1 is 1.08 bits per heavy atom. The third kappa shape index (κ3) is 5.48. The van der Waals surface area contributed by atoms with Crippen LogP contribution in [-0.2, 0) is 17.8 Å². The van der Waals surface area contributed by atoms with Crippen LogP contribution in [0.15, 0.2) is 48.5 Å². The van der Waals surface area contributed by atoms with Crippen molar-refractivity contribution in [1.82, 2.24) is 10.6 Å². The third-order valence-corrected chi connectivity index (χ3v) is 5.09. The summed E-state index contributed by atoms with van der Waals surface area (Å²) in [7, 11) is 0. The minimum Gasteiger partial charge on any atom is -0.385 e. The second-order valence-corrected chi connectivity index (χ2v) is 7.09. The highest BCUT2D eigenvalue weighted by atomic mass is 35.5. The van der Waals surface area contributed by atoms with Crippen LogP contribution < -0.4 is 16.0 Å². The summed E-state index contributed by atoms with van der Waals surface area (Å²) in [5.41, 5.74) is 3.43. The molecule has 4 nitrogen and oxygen atoms in total. The number of rotatable bonds is 7. The van der Waals surface area contributed by atoms with Crippen molar-refractivity contribution in [2.24, 2.45) is 0 Å². The van der Waals surface area contributed by atoms with Crippen LogP contribution in [0.4, 0.5) is 5.69 Å². The minimum absolute atomic E-state index is 0.0778. The van der Waals surface area contributed by atoms with E-state index in [1.165, 1.54) is 5.56 Å². The van der Waals surface area contributed by atoms with Crippen LogP contribution in [0.1, 0.15) is 30.4 Å². The fourth-order valence-electron chi connectivity index (χ4n) is 3.16. The van der Waals surface area contributed by atoms with Gasteiger partial charge < -0.3 is 16.0 Å². The Kier molecular flexibility index (Phi) is 6.92. The predicted octanol–water partition coefficient (Wildman–Crippen LogP) is 3.75. The first kappa shape index (κ1) is 18.7. The lowest BCUT2D eigenvalue weighted by Crippen LogP contribution is -2.42. The van der Waals surface area contributed by atoms with Crippen LogP contribution >= 0.6 is 11.6 Å². The first-order valence-corrected chi connectivity index (χ1v) is 9.67. The fraction of sp³-hybridized carbons (Fsp3) is 0.381. The van der Waals surface area contributed by atoms with Gasteiger partial charge in [0, 0.05) is 30.3 Å². The zero-order valence-electron chi connectivity index (χ0n) is 14.9. The van der Waals surface area contributed by atoms with E-state index in [2.05, 4.69) is 46.3 Å². The highest BCUT2D eigenvalue weighted by molar-refractivity contribution is 6.31. The van der Waals surface area contributed by atoms with Gasteiger partial charge in [-0.2, -0.15) is 0 Å². The number of benzene rings is 2. The van der Waals surface area contributed by atoms with Crippen LogP contribution in [0.3, 0.4) is 0 Å². The first-order valence-electron chi connectivity index (χ1n) is 9.30. The summed E-state index contributed by atoms with van der Waals surface area (Å²) < 4.78 is 0. The molecule has 1 heterocycles. The van der Waals surface area contributed by atoms with Crippen molar-refractivity contribution in [2.45, 2.75) is 38.3 Å². The minimum atomic E-state index is -0.0778. The standard InChI is InChI=1S/C21H26ClN3O/c22-19-6-2-1-5-17(19)12-14-23-18-10-8-16(9-11-18)15-25-20-7-3-4-13-24-21(20)26/h1-2,5-6,8-11,20,23,25H,3-4,7,12-15H2,(H,24,26). The molecule has 2 aromatic carbocycles. The van der Waals surface area contributed by atoms with Crippen LogP contribution in [0, 0.1) is 0 Å². The summed E-state index contributed by atoms with van der Waals surface area (Å²) >= 11 is 6.18. The summed E-state index contributed by atoms with van der Waals surface area (Å²) in [5, 5.41) is 10.6. The molecule has 3 rings (SSSR count). The summed E-state index contributed by atoms with van der Waals surface area (Å²) in [4.78, 5) is 12.0. The average molecular weight is 372 g/mol. The molecule has 0 saturated carbocycles. The van der Waals surface area contributed by atoms with E-state index in [9.17, 15) is 4.79 Å². The van der Waals surface area contributed by atoms with Crippen molar-refractivity contribution in [3.05, 3.63) is 64.7 Å². The van der Waals surface area contributed by atoms with Crippen LogP contribution in [-0.4, -0.2) is 25.0 Å². The van der Waals surface area contributed by atoms with Crippen molar-refractivity contribution in [1.29, 1.82) is 0 Å². The molecule has 2 aromatic rings. The highest BCUT2D eigenvalue weighted by Gasteiger charge is 2.19. The zero-order valence-corrected chi connectivity index (χ0v) is 15.7. The van der Waals surface area contributed by atoms with E-state index in [0.717, 1.165) is 55.0 Å². The molecule has 1 fully saturated rings. The van der Waals surface area contributed by atoms with E-state index in [1.807, 2.05) is 18.2 Å². The summed E-state index contributed by atoms with van der Waals surface area (Å²) in [6, 6.07) is 16.2. The first-order chi connectivity index (χ1) is 12.7. The number of carbonyl (C=O) groups excluding carboxylic acids is 1. The Balaban J connectivity index is 1.44. The van der Waals surface area contributed by atoms with E-state index in [-0.39, 0.29) is 11.9 Å². The molecule has 1 unspecified atom stereocenters. The Labute approximate surface area is 160 Å². The molecule has 1 aliphatic heterocycles. The van der Waals surface area contributed by atoms with Crippen LogP contribution in [0.25, 0.3) is 0 Å². The average Bonchev–Trinajstić information content (AvgIpc) is 2.87. The number of halogens is 1. The van der Waals surface area contributed by atoms with E-state index < -0.39 is 0 Å². The molecule has 0 aliphatic carbocycles. The molecule has 1 atom stereocenters. The number of nitrogens with one attached hydrogen (secondary N) is 3. The molecule has 1 saturated heterocycles. The fourth-order valence-corrected chi connectivity index (χ4v) is 3.39. The second kappa shape index (κ2) is 9.60. The normalized spacial score (nSPS) is 17.4. The lowest BCUT2D eigenvalue weighted by Gasteiger charge is -2.15. The lowest BCUT2D eigenvalue weighted by atomic mass is 10.1. The Morgan fingerprint density at radius 2 is 1.88 bits per heavy atom. The van der Waals surface area contributed by atoms with Gasteiger partial charge in [0.2, 0.25) is 5.91 Å². The van der Waals surface area contributed by atoms with Crippen LogP contribution in [0.5, 0.6) is 0 Å². The van der Waals surface area contributed by atoms with Gasteiger partial charge in [0.25, 0.3) is 0 Å². The van der Waals surface area contributed by atoms with E-state index in [1.54, 1.807) is 0 Å². The topological polar surface area (TPSA) is 53.2 Å². The molecule has 0 aromatic heterocycles. The van der Waals surface area contributed by atoms with Crippen molar-refractivity contribution >= 4 is 23.2 Å². The molecule has 0 spiro atoms. The molecule has 5 heteroatoms. The maximum atomic E-state index is 12.0. The molecule has 3 N–H and O–H groups in total. The maximum absolute atomic E-state index is 12.0. The zero-order chi connectivity index (χ0) is 18.2. The van der Waals surface area contributed by atoms with E-state index >= 15 is 0 Å². The van der Waals surface area contributed by atoms with Crippen molar-refractivity contribution in [2.75, 3.05) is 18.4 Å². The molecule has 0 bridgehead atoms. The van der Waals surface area contributed by atoms with Gasteiger partial charge in [0.15, 0.2) is 0 Å². The van der Waals surface area contributed by atoms with Gasteiger partial charge in [-0.05, 0) is 55.0 Å². The van der Waals surface area contributed by atoms with E-state index in [4.69, 9.17) is 11.6 Å². The van der Waals surface area contributed by atoms with Crippen molar-refractivity contribution in [3.8, 4) is 0 Å². The monoisotopic (exact) mass is 371 g/mol. The Bertz CT molecular complexity index is 717. The number of carbonyl (C=O) groups is 1. The van der Waals surface area contributed by atoms with Gasteiger partial charge in [0.05, 0.1) is 6.04 Å². The Morgan fingerprint density at radius 3 is 2.69 bits per heavy atom. The molecular weight excluding hydrogens is 346 g/mol. The molecular formula is C21H26ClN3O. The highest BCUT2D eigenvalue weighted by Crippen LogP contribution is 2.16. The van der Waals surface area contributed by atoms with Gasteiger partial charge in [-0.25, -0.2) is 0 Å². The summed E-state index contributed by atoms with van der Waals surface area (Å²) in [5.74, 6) is 0.125. The number of anilines is 1. The number of hydrogen-bond acceptors (Lipinski definition) is 3. The lowest BCUT2D eigenvalue weighted by molar-refractivity contribution is -0.122. The second-order valence-electron chi connectivity index (χ2n) is 6.69.